The van der Waals surface area contributed by atoms with E-state index in [1.165, 1.54) is 48.7 Å². The van der Waals surface area contributed by atoms with Crippen LogP contribution in [0.3, 0.4) is 0 Å². The number of nitrogens with one attached hydrogen (secondary N) is 1. The number of ether oxygens (including phenoxy) is 1. The maximum atomic E-state index is 13.2. The molecule has 16 heteroatoms. The normalized spacial score (nSPS) is 12.7. The van der Waals surface area contributed by atoms with Crippen molar-refractivity contribution in [2.75, 3.05) is 4.90 Å². The molecule has 2 aromatic carbocycles. The van der Waals surface area contributed by atoms with Gasteiger partial charge in [-0.3, -0.25) is 19.1 Å². The van der Waals surface area contributed by atoms with Crippen LogP contribution in [0, 0.1) is 0 Å². The first-order chi connectivity index (χ1) is 18.1. The molecule has 0 radical (unpaired) electrons. The van der Waals surface area contributed by atoms with Crippen molar-refractivity contribution in [1.82, 2.24) is 14.3 Å². The van der Waals surface area contributed by atoms with Gasteiger partial charge in [0.05, 0.1) is 17.9 Å². The molecule has 0 spiro atoms. The van der Waals surface area contributed by atoms with E-state index < -0.39 is 45.0 Å². The fourth-order valence-corrected chi connectivity index (χ4v) is 5.38. The standard InChI is InChI=1S/C23H22Cl2F3N5O5S/c1-13(21(29)35)31-39(36,37)20-12-30-22(33(14(2)34)18-10-16(24)9-17(25)11-18)32(20)8-7-15-3-5-19(6-4-15)38-23(26,27)28/h3-6,9-13,31H,7-8H2,1-2H3,(H2,29,35)/t13-/m0/s1. The quantitative estimate of drug-likeness (QED) is 0.355. The minimum absolute atomic E-state index is 0.103. The van der Waals surface area contributed by atoms with Gasteiger partial charge in [-0.15, -0.1) is 13.2 Å². The van der Waals surface area contributed by atoms with E-state index in [-0.39, 0.29) is 34.6 Å². The van der Waals surface area contributed by atoms with Gasteiger partial charge in [-0.25, -0.2) is 13.4 Å². The smallest absolute Gasteiger partial charge is 0.406 e. The Morgan fingerprint density at radius 1 is 1.15 bits per heavy atom. The van der Waals surface area contributed by atoms with Gasteiger partial charge in [0.15, 0.2) is 5.03 Å². The molecule has 2 amide bonds. The molecule has 3 N–H and O–H groups in total. The predicted octanol–water partition coefficient (Wildman–Crippen LogP) is 4.17. The number of nitrogens with two attached hydrogens (primary N) is 1. The number of amides is 2. The van der Waals surface area contributed by atoms with Gasteiger partial charge in [-0.2, -0.15) is 4.72 Å². The number of sulfonamides is 1. The topological polar surface area (TPSA) is 137 Å². The molecule has 3 aromatic rings. The van der Waals surface area contributed by atoms with Gasteiger partial charge in [-0.1, -0.05) is 35.3 Å². The number of benzene rings is 2. The van der Waals surface area contributed by atoms with Gasteiger partial charge < -0.3 is 10.5 Å². The second-order valence-corrected chi connectivity index (χ2v) is 10.8. The number of hydrogen-bond donors (Lipinski definition) is 2. The van der Waals surface area contributed by atoms with E-state index in [1.54, 1.807) is 0 Å². The summed E-state index contributed by atoms with van der Waals surface area (Å²) in [5.74, 6) is -2.03. The summed E-state index contributed by atoms with van der Waals surface area (Å²) in [6.45, 7) is 2.37. The van der Waals surface area contributed by atoms with Crippen molar-refractivity contribution in [2.24, 2.45) is 5.73 Å². The highest BCUT2D eigenvalue weighted by molar-refractivity contribution is 7.89. The van der Waals surface area contributed by atoms with Crippen molar-refractivity contribution in [1.29, 1.82) is 0 Å². The summed E-state index contributed by atoms with van der Waals surface area (Å²) in [6.07, 6.45) is -3.76. The van der Waals surface area contributed by atoms with Crippen LogP contribution >= 0.6 is 23.2 Å². The van der Waals surface area contributed by atoms with E-state index in [2.05, 4.69) is 14.4 Å². The molecule has 3 rings (SSSR count). The minimum Gasteiger partial charge on any atom is -0.406 e. The number of rotatable bonds is 10. The molecule has 0 fully saturated rings. The Labute approximate surface area is 231 Å². The number of alkyl halides is 3. The molecule has 39 heavy (non-hydrogen) atoms. The van der Waals surface area contributed by atoms with Gasteiger partial charge in [0.25, 0.3) is 10.0 Å². The number of hydrogen-bond acceptors (Lipinski definition) is 6. The largest absolute Gasteiger partial charge is 0.573 e. The number of carbonyl (C=O) groups excluding carboxylic acids is 2. The number of anilines is 2. The monoisotopic (exact) mass is 607 g/mol. The predicted molar refractivity (Wildman–Crippen MR) is 137 cm³/mol. The second kappa shape index (κ2) is 11.8. The van der Waals surface area contributed by atoms with Crippen LogP contribution in [-0.2, 0) is 32.6 Å². The average Bonchev–Trinajstić information content (AvgIpc) is 3.21. The highest BCUT2D eigenvalue weighted by Crippen LogP contribution is 2.32. The van der Waals surface area contributed by atoms with Crippen molar-refractivity contribution in [2.45, 2.75) is 44.2 Å². The molecule has 1 aromatic heterocycles. The van der Waals surface area contributed by atoms with Crippen molar-refractivity contribution in [3.05, 3.63) is 64.3 Å². The van der Waals surface area contributed by atoms with E-state index in [0.29, 0.717) is 5.56 Å². The summed E-state index contributed by atoms with van der Waals surface area (Å²) < 4.78 is 71.0. The summed E-state index contributed by atoms with van der Waals surface area (Å²) in [5.41, 5.74) is 5.91. The zero-order valence-corrected chi connectivity index (χ0v) is 22.7. The number of carbonyl (C=O) groups is 2. The number of halogens is 5. The zero-order valence-electron chi connectivity index (χ0n) is 20.4. The molecule has 0 aliphatic heterocycles. The Hall–Kier alpha value is -3.33. The number of imidazole rings is 1. The Morgan fingerprint density at radius 2 is 1.74 bits per heavy atom. The lowest BCUT2D eigenvalue weighted by Gasteiger charge is -2.23. The fourth-order valence-electron chi connectivity index (χ4n) is 3.51. The Bertz CT molecular complexity index is 1460. The molecule has 210 valence electrons. The van der Waals surface area contributed by atoms with Crippen molar-refractivity contribution in [3.8, 4) is 5.75 Å². The van der Waals surface area contributed by atoms with Gasteiger partial charge in [0.2, 0.25) is 17.8 Å². The maximum absolute atomic E-state index is 13.2. The molecule has 10 nitrogen and oxygen atoms in total. The van der Waals surface area contributed by atoms with Crippen molar-refractivity contribution in [3.63, 3.8) is 0 Å². The van der Waals surface area contributed by atoms with Crippen LogP contribution in [0.2, 0.25) is 10.0 Å². The van der Waals surface area contributed by atoms with E-state index in [9.17, 15) is 31.2 Å². The molecule has 0 bridgehead atoms. The Kier molecular flexibility index (Phi) is 9.16. The van der Waals surface area contributed by atoms with Crippen LogP contribution in [0.5, 0.6) is 5.75 Å². The number of aromatic nitrogens is 2. The summed E-state index contributed by atoms with van der Waals surface area (Å²) in [5, 5.41) is 0.00244. The van der Waals surface area contributed by atoms with Crippen LogP contribution < -0.4 is 20.1 Å². The first kappa shape index (κ1) is 30.2. The highest BCUT2D eigenvalue weighted by Gasteiger charge is 2.31. The molecule has 0 aliphatic carbocycles. The first-order valence-corrected chi connectivity index (χ1v) is 13.3. The fraction of sp³-hybridized carbons (Fsp3) is 0.261. The zero-order chi connectivity index (χ0) is 29.1. The van der Waals surface area contributed by atoms with Crippen molar-refractivity contribution < 1.29 is 35.9 Å². The second-order valence-electron chi connectivity index (χ2n) is 8.22. The Balaban J connectivity index is 2.06. The molecule has 0 saturated carbocycles. The van der Waals surface area contributed by atoms with E-state index in [4.69, 9.17) is 28.9 Å². The van der Waals surface area contributed by atoms with E-state index >= 15 is 0 Å². The van der Waals surface area contributed by atoms with Gasteiger partial charge in [0.1, 0.15) is 5.75 Å². The van der Waals surface area contributed by atoms with Crippen LogP contribution in [0.1, 0.15) is 19.4 Å². The molecule has 0 aliphatic rings. The van der Waals surface area contributed by atoms with Crippen LogP contribution in [0.25, 0.3) is 0 Å². The van der Waals surface area contributed by atoms with Crippen molar-refractivity contribution >= 4 is 56.7 Å². The van der Waals surface area contributed by atoms with Crippen LogP contribution in [-0.4, -0.2) is 42.2 Å². The van der Waals surface area contributed by atoms with Gasteiger partial charge in [-0.05, 0) is 49.2 Å². The number of primary amides is 1. The molecule has 1 heterocycles. The SMILES string of the molecule is CC(=O)N(c1cc(Cl)cc(Cl)c1)c1ncc(S(=O)(=O)N[C@@H](C)C(N)=O)n1CCc1ccc(OC(F)(F)F)cc1. The summed E-state index contributed by atoms with van der Waals surface area (Å²) in [7, 11) is -4.39. The van der Waals surface area contributed by atoms with Gasteiger partial charge in [0, 0.05) is 23.5 Å². The van der Waals surface area contributed by atoms with Gasteiger partial charge >= 0.3 is 6.36 Å². The molecule has 1 atom stereocenters. The third-order valence-corrected chi connectivity index (χ3v) is 7.21. The highest BCUT2D eigenvalue weighted by atomic mass is 35.5. The number of aryl methyl sites for hydroxylation is 1. The average molecular weight is 608 g/mol. The third kappa shape index (κ3) is 7.85. The molecule has 0 unspecified atom stereocenters. The summed E-state index contributed by atoms with van der Waals surface area (Å²) in [4.78, 5) is 29.5. The van der Waals surface area contributed by atoms with E-state index in [1.807, 2.05) is 0 Å². The summed E-state index contributed by atoms with van der Waals surface area (Å²) >= 11 is 12.2. The number of nitrogens with zero attached hydrogens (tertiary/aromatic N) is 3. The molecular weight excluding hydrogens is 586 g/mol. The molecule has 0 saturated heterocycles. The third-order valence-electron chi connectivity index (χ3n) is 5.23. The Morgan fingerprint density at radius 3 is 2.26 bits per heavy atom. The van der Waals surface area contributed by atoms with Crippen LogP contribution in [0.15, 0.2) is 53.7 Å². The first-order valence-electron chi connectivity index (χ1n) is 11.1. The minimum atomic E-state index is -4.86. The van der Waals surface area contributed by atoms with Crippen LogP contribution in [0.4, 0.5) is 24.8 Å². The lowest BCUT2D eigenvalue weighted by Crippen LogP contribution is -2.42. The lowest BCUT2D eigenvalue weighted by molar-refractivity contribution is -0.274. The maximum Gasteiger partial charge on any atom is 0.573 e. The molecular formula is C23H22Cl2F3N5O5S. The van der Waals surface area contributed by atoms with E-state index in [0.717, 1.165) is 23.2 Å². The lowest BCUT2D eigenvalue weighted by atomic mass is 10.1. The summed E-state index contributed by atoms with van der Waals surface area (Å²) in [6, 6.07) is 8.00.